The fourth-order valence-corrected chi connectivity index (χ4v) is 4.03. The molecule has 160 valence electrons. The monoisotopic (exact) mass is 437 g/mol. The van der Waals surface area contributed by atoms with Crippen LogP contribution in [0.4, 0.5) is 5.95 Å². The van der Waals surface area contributed by atoms with E-state index in [0.29, 0.717) is 36.1 Å². The number of nitrogens with one attached hydrogen (secondary N) is 2. The van der Waals surface area contributed by atoms with Crippen molar-refractivity contribution in [3.63, 3.8) is 0 Å². The van der Waals surface area contributed by atoms with Gasteiger partial charge >= 0.3 is 0 Å². The van der Waals surface area contributed by atoms with Crippen LogP contribution in [0.1, 0.15) is 26.6 Å². The first-order chi connectivity index (χ1) is 14.9. The van der Waals surface area contributed by atoms with Crippen LogP contribution in [0.5, 0.6) is 0 Å². The fraction of sp³-hybridized carbons (Fsp3) is 0.286. The minimum absolute atomic E-state index is 0.154. The summed E-state index contributed by atoms with van der Waals surface area (Å²) < 4.78 is 7.06. The maximum absolute atomic E-state index is 12.3. The van der Waals surface area contributed by atoms with Crippen LogP contribution >= 0.6 is 11.3 Å². The van der Waals surface area contributed by atoms with E-state index in [1.165, 1.54) is 4.88 Å². The number of aryl methyl sites for hydroxylation is 4. The van der Waals surface area contributed by atoms with E-state index >= 15 is 0 Å². The second-order valence-electron chi connectivity index (χ2n) is 7.18. The van der Waals surface area contributed by atoms with E-state index < -0.39 is 0 Å². The molecule has 0 unspecified atom stereocenters. The Balaban J connectivity index is 1.46. The maximum Gasteiger partial charge on any atom is 0.254 e. The first-order valence-electron chi connectivity index (χ1n) is 9.80. The van der Waals surface area contributed by atoms with Crippen LogP contribution in [-0.2, 0) is 7.05 Å². The van der Waals surface area contributed by atoms with E-state index in [-0.39, 0.29) is 5.91 Å². The second-order valence-corrected chi connectivity index (χ2v) is 8.47. The van der Waals surface area contributed by atoms with Crippen molar-refractivity contribution >= 4 is 23.2 Å². The zero-order valence-electron chi connectivity index (χ0n) is 17.8. The van der Waals surface area contributed by atoms with Gasteiger partial charge < -0.3 is 15.2 Å². The molecule has 0 fully saturated rings. The zero-order valence-corrected chi connectivity index (χ0v) is 18.6. The average molecular weight is 438 g/mol. The molecule has 9 nitrogen and oxygen atoms in total. The molecule has 0 aromatic carbocycles. The molecule has 4 aromatic heterocycles. The van der Waals surface area contributed by atoms with Crippen molar-refractivity contribution in [2.75, 3.05) is 18.4 Å². The van der Waals surface area contributed by atoms with E-state index in [1.54, 1.807) is 35.5 Å². The highest BCUT2D eigenvalue weighted by molar-refractivity contribution is 7.15. The van der Waals surface area contributed by atoms with Crippen LogP contribution in [0, 0.1) is 20.8 Å². The summed E-state index contributed by atoms with van der Waals surface area (Å²) in [4.78, 5) is 23.6. The highest BCUT2D eigenvalue weighted by Crippen LogP contribution is 2.35. The number of carbonyl (C=O) groups excluding carboxylic acids is 1. The van der Waals surface area contributed by atoms with Crippen molar-refractivity contribution in [3.8, 4) is 21.9 Å². The van der Waals surface area contributed by atoms with Crippen LogP contribution in [0.3, 0.4) is 0 Å². The van der Waals surface area contributed by atoms with Gasteiger partial charge in [-0.3, -0.25) is 9.48 Å². The van der Waals surface area contributed by atoms with Crippen molar-refractivity contribution < 1.29 is 9.32 Å². The number of rotatable bonds is 7. The molecule has 10 heteroatoms. The zero-order chi connectivity index (χ0) is 22.0. The molecule has 0 aliphatic rings. The maximum atomic E-state index is 12.3. The summed E-state index contributed by atoms with van der Waals surface area (Å²) in [5.41, 5.74) is 3.63. The predicted molar refractivity (Wildman–Crippen MR) is 119 cm³/mol. The summed E-state index contributed by atoms with van der Waals surface area (Å²) in [5.74, 6) is 0.955. The summed E-state index contributed by atoms with van der Waals surface area (Å²) in [5, 5.41) is 14.2. The fourth-order valence-electron chi connectivity index (χ4n) is 3.16. The molecule has 1 amide bonds. The lowest BCUT2D eigenvalue weighted by Gasteiger charge is -2.09. The molecule has 0 saturated heterocycles. The Hall–Kier alpha value is -3.53. The van der Waals surface area contributed by atoms with Crippen molar-refractivity contribution in [2.45, 2.75) is 20.8 Å². The Bertz CT molecular complexity index is 1220. The number of amides is 1. The van der Waals surface area contributed by atoms with Crippen LogP contribution in [0.2, 0.25) is 0 Å². The Labute approximate surface area is 183 Å². The largest absolute Gasteiger partial charge is 0.356 e. The number of nitrogens with zero attached hydrogens (tertiary/aromatic N) is 5. The molecule has 0 bridgehead atoms. The highest BCUT2D eigenvalue weighted by Gasteiger charge is 2.17. The lowest BCUT2D eigenvalue weighted by molar-refractivity contribution is 0.0954. The number of aromatic nitrogens is 5. The summed E-state index contributed by atoms with van der Waals surface area (Å²) in [6, 6.07) is 5.96. The Kier molecular flexibility index (Phi) is 5.81. The van der Waals surface area contributed by atoms with Gasteiger partial charge in [0.05, 0.1) is 33.1 Å². The average Bonchev–Trinajstić information content (AvgIpc) is 3.45. The van der Waals surface area contributed by atoms with E-state index in [1.807, 2.05) is 26.0 Å². The van der Waals surface area contributed by atoms with E-state index in [9.17, 15) is 4.79 Å². The molecule has 0 atom stereocenters. The van der Waals surface area contributed by atoms with Crippen LogP contribution < -0.4 is 10.6 Å². The Morgan fingerprint density at radius 3 is 2.71 bits per heavy atom. The topological polar surface area (TPSA) is 111 Å². The summed E-state index contributed by atoms with van der Waals surface area (Å²) in [6.07, 6.45) is 3.44. The number of carbonyl (C=O) groups is 1. The molecule has 0 spiro atoms. The molecule has 4 rings (SSSR count). The van der Waals surface area contributed by atoms with Gasteiger partial charge in [-0.25, -0.2) is 9.97 Å². The second kappa shape index (κ2) is 8.68. The van der Waals surface area contributed by atoms with Gasteiger partial charge in [0.25, 0.3) is 5.91 Å². The molecule has 31 heavy (non-hydrogen) atoms. The first-order valence-corrected chi connectivity index (χ1v) is 10.6. The number of hydrogen-bond acceptors (Lipinski definition) is 8. The Morgan fingerprint density at radius 1 is 1.23 bits per heavy atom. The minimum Gasteiger partial charge on any atom is -0.356 e. The van der Waals surface area contributed by atoms with Gasteiger partial charge in [-0.05, 0) is 32.9 Å². The van der Waals surface area contributed by atoms with E-state index in [0.717, 1.165) is 21.8 Å². The van der Waals surface area contributed by atoms with Gasteiger partial charge in [-0.15, -0.1) is 11.3 Å². The van der Waals surface area contributed by atoms with Gasteiger partial charge in [0, 0.05) is 43.5 Å². The summed E-state index contributed by atoms with van der Waals surface area (Å²) >= 11 is 1.65. The first kappa shape index (κ1) is 20.7. The van der Waals surface area contributed by atoms with Gasteiger partial charge in [-0.1, -0.05) is 5.16 Å². The highest BCUT2D eigenvalue weighted by atomic mass is 32.1. The normalized spacial score (nSPS) is 11.0. The summed E-state index contributed by atoms with van der Waals surface area (Å²) in [7, 11) is 1.79. The molecule has 0 saturated carbocycles. The van der Waals surface area contributed by atoms with Crippen LogP contribution in [-0.4, -0.2) is 43.9 Å². The van der Waals surface area contributed by atoms with Gasteiger partial charge in [0.2, 0.25) is 5.95 Å². The predicted octanol–water partition coefficient (Wildman–Crippen LogP) is 3.36. The van der Waals surface area contributed by atoms with Gasteiger partial charge in [0.1, 0.15) is 0 Å². The lowest BCUT2D eigenvalue weighted by Crippen LogP contribution is -2.29. The van der Waals surface area contributed by atoms with Gasteiger partial charge in [-0.2, -0.15) is 5.10 Å². The van der Waals surface area contributed by atoms with Crippen LogP contribution in [0.15, 0.2) is 35.1 Å². The SMILES string of the molecule is Cc1cc(-c2cnc(NCCNC(=O)c3cn(C)nc3C)nc2-c2ccc(C)s2)on1. The standard InChI is InChI=1S/C21H23N7O2S/c1-12-9-17(30-27-12)15-10-24-21(25-19(15)18-6-5-13(2)31-18)23-8-7-22-20(29)16-11-28(4)26-14(16)3/h5-6,9-11H,7-8H2,1-4H3,(H,22,29)(H,23,24,25). The number of anilines is 1. The summed E-state index contributed by atoms with van der Waals surface area (Å²) in [6.45, 7) is 6.65. The third-order valence-electron chi connectivity index (χ3n) is 4.61. The third kappa shape index (κ3) is 4.64. The molecule has 0 aliphatic carbocycles. The quantitative estimate of drug-likeness (QED) is 0.427. The van der Waals surface area contributed by atoms with Crippen molar-refractivity contribution in [2.24, 2.45) is 7.05 Å². The molecular weight excluding hydrogens is 414 g/mol. The van der Waals surface area contributed by atoms with Crippen LogP contribution in [0.25, 0.3) is 21.9 Å². The smallest absolute Gasteiger partial charge is 0.254 e. The number of thiophene rings is 1. The minimum atomic E-state index is -0.154. The van der Waals surface area contributed by atoms with E-state index in [2.05, 4.69) is 38.9 Å². The molecule has 4 heterocycles. The van der Waals surface area contributed by atoms with Crippen molar-refractivity contribution in [1.82, 2.24) is 30.2 Å². The van der Waals surface area contributed by atoms with Crippen molar-refractivity contribution in [3.05, 3.63) is 52.4 Å². The molecular formula is C21H23N7O2S. The molecule has 4 aromatic rings. The Morgan fingerprint density at radius 2 is 2.06 bits per heavy atom. The molecule has 0 radical (unpaired) electrons. The van der Waals surface area contributed by atoms with E-state index in [4.69, 9.17) is 9.51 Å². The molecule has 0 aliphatic heterocycles. The lowest BCUT2D eigenvalue weighted by atomic mass is 10.1. The van der Waals surface area contributed by atoms with Gasteiger partial charge in [0.15, 0.2) is 5.76 Å². The van der Waals surface area contributed by atoms with Crippen molar-refractivity contribution in [1.29, 1.82) is 0 Å². The number of hydrogen-bond donors (Lipinski definition) is 2. The molecule has 2 N–H and O–H groups in total. The third-order valence-corrected chi connectivity index (χ3v) is 5.62.